The molecule has 0 spiro atoms. The van der Waals surface area contributed by atoms with E-state index in [0.29, 0.717) is 31.0 Å². The molecule has 0 radical (unpaired) electrons. The fourth-order valence-corrected chi connectivity index (χ4v) is 4.87. The highest BCUT2D eigenvalue weighted by atomic mass is 16.5. The Labute approximate surface area is 212 Å². The van der Waals surface area contributed by atoms with Gasteiger partial charge in [-0.2, -0.15) is 0 Å². The van der Waals surface area contributed by atoms with Crippen molar-refractivity contribution in [2.75, 3.05) is 32.8 Å². The topological polar surface area (TPSA) is 79.3 Å². The Morgan fingerprint density at radius 3 is 2.58 bits per heavy atom. The number of carbonyl (C=O) groups excluding carboxylic acids is 2. The number of fused-ring (bicyclic) bond motifs is 1. The maximum Gasteiger partial charge on any atom is 0.295 e. The van der Waals surface area contributed by atoms with Gasteiger partial charge < -0.3 is 24.4 Å². The maximum atomic E-state index is 13.3. The first-order chi connectivity index (χ1) is 17.4. The number of nitrogens with zero attached hydrogens (tertiary/aromatic N) is 2. The average Bonchev–Trinajstić information content (AvgIpc) is 3.38. The molecule has 1 N–H and O–H groups in total. The zero-order chi connectivity index (χ0) is 25.8. The number of aliphatic hydroxyl groups excluding tert-OH is 1. The van der Waals surface area contributed by atoms with Gasteiger partial charge in [0.15, 0.2) is 0 Å². The van der Waals surface area contributed by atoms with Crippen molar-refractivity contribution in [3.8, 4) is 11.5 Å². The Morgan fingerprint density at radius 2 is 1.92 bits per heavy atom. The molecule has 7 nitrogen and oxygen atoms in total. The summed E-state index contributed by atoms with van der Waals surface area (Å²) in [7, 11) is 0. The SMILES string of the molecule is C=CCOc1ccc(C2/C(=C(\O)c3ccc4c(c3)CC(C)O4)C(=O)C(=O)N2CCN(CC)CC)cc1. The minimum Gasteiger partial charge on any atom is -0.507 e. The zero-order valence-electron chi connectivity index (χ0n) is 21.2. The molecule has 2 aromatic rings. The van der Waals surface area contributed by atoms with E-state index < -0.39 is 17.7 Å². The third kappa shape index (κ3) is 5.02. The van der Waals surface area contributed by atoms with Gasteiger partial charge in [0.05, 0.1) is 11.6 Å². The third-order valence-corrected chi connectivity index (χ3v) is 6.82. The molecule has 7 heteroatoms. The summed E-state index contributed by atoms with van der Waals surface area (Å²) in [6, 6.07) is 12.0. The minimum absolute atomic E-state index is 0.0601. The number of hydrogen-bond acceptors (Lipinski definition) is 6. The smallest absolute Gasteiger partial charge is 0.295 e. The van der Waals surface area contributed by atoms with Crippen molar-refractivity contribution in [2.45, 2.75) is 39.3 Å². The van der Waals surface area contributed by atoms with Gasteiger partial charge in [-0.15, -0.1) is 0 Å². The highest BCUT2D eigenvalue weighted by Gasteiger charge is 2.46. The highest BCUT2D eigenvalue weighted by Crippen LogP contribution is 2.40. The number of hydrogen-bond donors (Lipinski definition) is 1. The van der Waals surface area contributed by atoms with Gasteiger partial charge in [-0.3, -0.25) is 9.59 Å². The average molecular weight is 491 g/mol. The summed E-state index contributed by atoms with van der Waals surface area (Å²) in [5.74, 6) is 0.00264. The molecule has 0 aromatic heterocycles. The van der Waals surface area contributed by atoms with Gasteiger partial charge in [0.2, 0.25) is 0 Å². The van der Waals surface area contributed by atoms with Crippen LogP contribution in [0.3, 0.4) is 0 Å². The van der Waals surface area contributed by atoms with Crippen molar-refractivity contribution < 1.29 is 24.2 Å². The minimum atomic E-state index is -0.697. The van der Waals surface area contributed by atoms with Gasteiger partial charge in [0.1, 0.15) is 30.0 Å². The second kappa shape index (κ2) is 11.0. The molecule has 4 rings (SSSR count). The van der Waals surface area contributed by atoms with Crippen LogP contribution in [0.5, 0.6) is 11.5 Å². The number of Topliss-reactive ketones (excluding diaryl/α,β-unsaturated/α-hetero) is 1. The predicted octanol–water partition coefficient (Wildman–Crippen LogP) is 4.34. The lowest BCUT2D eigenvalue weighted by Gasteiger charge is -2.28. The summed E-state index contributed by atoms with van der Waals surface area (Å²) in [5, 5.41) is 11.4. The van der Waals surface area contributed by atoms with E-state index in [2.05, 4.69) is 25.3 Å². The number of aliphatic hydroxyl groups is 1. The molecule has 0 bridgehead atoms. The maximum absolute atomic E-state index is 13.3. The Kier molecular flexibility index (Phi) is 7.79. The third-order valence-electron chi connectivity index (χ3n) is 6.82. The summed E-state index contributed by atoms with van der Waals surface area (Å²) < 4.78 is 11.4. The summed E-state index contributed by atoms with van der Waals surface area (Å²) in [6.45, 7) is 12.8. The largest absolute Gasteiger partial charge is 0.507 e. The molecule has 2 unspecified atom stereocenters. The van der Waals surface area contributed by atoms with Crippen LogP contribution in [-0.2, 0) is 16.0 Å². The predicted molar refractivity (Wildman–Crippen MR) is 139 cm³/mol. The molecule has 1 amide bonds. The molecule has 1 fully saturated rings. The summed E-state index contributed by atoms with van der Waals surface area (Å²) in [5.41, 5.74) is 2.32. The lowest BCUT2D eigenvalue weighted by molar-refractivity contribution is -0.140. The van der Waals surface area contributed by atoms with Crippen LogP contribution in [0.1, 0.15) is 43.5 Å². The van der Waals surface area contributed by atoms with Gasteiger partial charge in [0, 0.05) is 25.1 Å². The van der Waals surface area contributed by atoms with Gasteiger partial charge in [0.25, 0.3) is 11.7 Å². The molecule has 2 aromatic carbocycles. The Balaban J connectivity index is 1.75. The first-order valence-corrected chi connectivity index (χ1v) is 12.5. The Bertz CT molecular complexity index is 1170. The number of benzene rings is 2. The van der Waals surface area contributed by atoms with Crippen LogP contribution in [0.2, 0.25) is 0 Å². The number of ether oxygens (including phenoxy) is 2. The van der Waals surface area contributed by atoms with Crippen molar-refractivity contribution in [1.82, 2.24) is 9.80 Å². The number of amides is 1. The molecule has 190 valence electrons. The van der Waals surface area contributed by atoms with Gasteiger partial charge >= 0.3 is 0 Å². The van der Waals surface area contributed by atoms with E-state index in [0.717, 1.165) is 36.4 Å². The fourth-order valence-electron chi connectivity index (χ4n) is 4.87. The molecule has 36 heavy (non-hydrogen) atoms. The van der Waals surface area contributed by atoms with Crippen LogP contribution in [0.15, 0.2) is 60.7 Å². The molecule has 2 heterocycles. The van der Waals surface area contributed by atoms with E-state index in [1.54, 1.807) is 29.2 Å². The van der Waals surface area contributed by atoms with Gasteiger partial charge in [-0.1, -0.05) is 38.6 Å². The number of ketones is 1. The normalized spacial score (nSPS) is 20.5. The number of likely N-dealkylation sites (tertiary alicyclic amines) is 1. The fraction of sp³-hybridized carbons (Fsp3) is 0.379. The van der Waals surface area contributed by atoms with Crippen molar-refractivity contribution in [1.29, 1.82) is 0 Å². The quantitative estimate of drug-likeness (QED) is 0.231. The van der Waals surface area contributed by atoms with Gasteiger partial charge in [-0.05, 0) is 61.5 Å². The molecule has 2 atom stereocenters. The van der Waals surface area contributed by atoms with E-state index in [9.17, 15) is 14.7 Å². The monoisotopic (exact) mass is 490 g/mol. The van der Waals surface area contributed by atoms with Crippen LogP contribution >= 0.6 is 0 Å². The van der Waals surface area contributed by atoms with Crippen LogP contribution < -0.4 is 9.47 Å². The van der Waals surface area contributed by atoms with E-state index in [1.807, 2.05) is 31.2 Å². The van der Waals surface area contributed by atoms with Crippen LogP contribution in [0, 0.1) is 0 Å². The number of likely N-dealkylation sites (N-methyl/N-ethyl adjacent to an activating group) is 1. The molecule has 1 saturated heterocycles. The molecule has 2 aliphatic rings. The Hall–Kier alpha value is -3.58. The van der Waals surface area contributed by atoms with E-state index in [1.165, 1.54) is 0 Å². The second-order valence-electron chi connectivity index (χ2n) is 9.14. The standard InChI is InChI=1S/C29H34N2O5/c1-5-16-35-23-11-8-20(9-12-23)26-25(28(33)29(34)31(26)15-14-30(6-2)7-3)27(32)21-10-13-24-22(18-21)17-19(4)36-24/h5,8-13,18-19,26,32H,1,6-7,14-17H2,2-4H3/b27-25+. The number of carbonyl (C=O) groups is 2. The van der Waals surface area contributed by atoms with Crippen LogP contribution in [-0.4, -0.2) is 65.5 Å². The highest BCUT2D eigenvalue weighted by molar-refractivity contribution is 6.46. The zero-order valence-corrected chi connectivity index (χ0v) is 21.2. The van der Waals surface area contributed by atoms with E-state index in [4.69, 9.17) is 9.47 Å². The van der Waals surface area contributed by atoms with Crippen molar-refractivity contribution in [2.24, 2.45) is 0 Å². The molecule has 0 aliphatic carbocycles. The van der Waals surface area contributed by atoms with Crippen LogP contribution in [0.4, 0.5) is 0 Å². The Morgan fingerprint density at radius 1 is 1.19 bits per heavy atom. The van der Waals surface area contributed by atoms with E-state index >= 15 is 0 Å². The second-order valence-corrected chi connectivity index (χ2v) is 9.14. The summed E-state index contributed by atoms with van der Waals surface area (Å²) in [4.78, 5) is 30.3. The lowest BCUT2D eigenvalue weighted by atomic mass is 9.94. The number of rotatable bonds is 10. The molecule has 0 saturated carbocycles. The summed E-state index contributed by atoms with van der Waals surface area (Å²) in [6.07, 6.45) is 2.45. The van der Waals surface area contributed by atoms with Crippen molar-refractivity contribution >= 4 is 17.4 Å². The van der Waals surface area contributed by atoms with E-state index in [-0.39, 0.29) is 17.4 Å². The van der Waals surface area contributed by atoms with Crippen LogP contribution in [0.25, 0.3) is 5.76 Å². The van der Waals surface area contributed by atoms with Crippen molar-refractivity contribution in [3.05, 3.63) is 77.4 Å². The molecular formula is C29H34N2O5. The first-order valence-electron chi connectivity index (χ1n) is 12.5. The molecular weight excluding hydrogens is 456 g/mol. The van der Waals surface area contributed by atoms with Crippen molar-refractivity contribution in [3.63, 3.8) is 0 Å². The first kappa shape index (κ1) is 25.5. The lowest BCUT2D eigenvalue weighted by Crippen LogP contribution is -2.38. The van der Waals surface area contributed by atoms with Gasteiger partial charge in [-0.25, -0.2) is 0 Å². The molecule has 2 aliphatic heterocycles. The summed E-state index contributed by atoms with van der Waals surface area (Å²) >= 11 is 0.